The highest BCUT2D eigenvalue weighted by Gasteiger charge is 2.35. The van der Waals surface area contributed by atoms with Crippen LogP contribution < -0.4 is 10.6 Å². The molecule has 2 N–H and O–H groups in total. The number of pyridine rings is 1. The van der Waals surface area contributed by atoms with Crippen LogP contribution in [0.4, 0.5) is 16.3 Å². The van der Waals surface area contributed by atoms with Crippen molar-refractivity contribution in [3.8, 4) is 0 Å². The molecule has 0 spiro atoms. The Morgan fingerprint density at radius 3 is 2.31 bits per heavy atom. The number of aryl methyl sites for hydroxylation is 1. The van der Waals surface area contributed by atoms with Crippen molar-refractivity contribution in [3.63, 3.8) is 0 Å². The van der Waals surface area contributed by atoms with Crippen LogP contribution in [0, 0.1) is 12.8 Å². The fraction of sp³-hybridized carbons (Fsp3) is 0.531. The van der Waals surface area contributed by atoms with E-state index in [4.69, 9.17) is 4.74 Å². The molecule has 0 radical (unpaired) electrons. The summed E-state index contributed by atoms with van der Waals surface area (Å²) in [6.45, 7) is 12.8. The molecule has 1 aromatic carbocycles. The first-order chi connectivity index (χ1) is 19.8. The van der Waals surface area contributed by atoms with Gasteiger partial charge in [-0.1, -0.05) is 31.2 Å². The molecule has 4 amide bonds. The molecule has 0 bridgehead atoms. The zero-order chi connectivity index (χ0) is 30.6. The molecule has 42 heavy (non-hydrogen) atoms. The molecule has 1 aromatic heterocycles. The van der Waals surface area contributed by atoms with Crippen molar-refractivity contribution in [1.29, 1.82) is 0 Å². The van der Waals surface area contributed by atoms with Gasteiger partial charge in [-0.05, 0) is 88.0 Å². The quantitative estimate of drug-likeness (QED) is 0.470. The molecule has 2 unspecified atom stereocenters. The maximum atomic E-state index is 13.5. The van der Waals surface area contributed by atoms with Crippen molar-refractivity contribution >= 4 is 35.3 Å². The number of amides is 4. The number of carbonyl (C=O) groups is 4. The minimum atomic E-state index is -0.726. The summed E-state index contributed by atoms with van der Waals surface area (Å²) in [5.74, 6) is -0.245. The lowest BCUT2D eigenvalue weighted by Gasteiger charge is -2.39. The SMILES string of the molecule is CC(=O)N1CCC(c2cccc(C3CCC(C)CN3C(=O)C(=O)Nc3cnc(NC(=O)OC(C)(C)C)c(C)c3)c2)CC1. The molecule has 0 aliphatic carbocycles. The second-order valence-electron chi connectivity index (χ2n) is 12.6. The number of anilines is 2. The number of nitrogens with zero attached hydrogens (tertiary/aromatic N) is 3. The summed E-state index contributed by atoms with van der Waals surface area (Å²) in [4.78, 5) is 58.4. The molecule has 4 rings (SSSR count). The molecule has 2 saturated heterocycles. The normalized spacial score (nSPS) is 19.7. The summed E-state index contributed by atoms with van der Waals surface area (Å²) in [6, 6.07) is 9.83. The van der Waals surface area contributed by atoms with Crippen LogP contribution in [-0.4, -0.2) is 63.8 Å². The lowest BCUT2D eigenvalue weighted by Crippen LogP contribution is -2.46. The van der Waals surface area contributed by atoms with Gasteiger partial charge in [0.05, 0.1) is 17.9 Å². The summed E-state index contributed by atoms with van der Waals surface area (Å²) in [6.07, 6.45) is 4.35. The topological polar surface area (TPSA) is 121 Å². The summed E-state index contributed by atoms with van der Waals surface area (Å²) in [7, 11) is 0. The molecule has 2 aliphatic rings. The predicted octanol–water partition coefficient (Wildman–Crippen LogP) is 5.40. The van der Waals surface area contributed by atoms with Gasteiger partial charge in [0.25, 0.3) is 0 Å². The molecule has 2 aliphatic heterocycles. The Hall–Kier alpha value is -3.95. The van der Waals surface area contributed by atoms with E-state index >= 15 is 0 Å². The maximum Gasteiger partial charge on any atom is 0.413 e. The van der Waals surface area contributed by atoms with Gasteiger partial charge in [-0.2, -0.15) is 0 Å². The molecule has 226 valence electrons. The molecule has 2 aromatic rings. The van der Waals surface area contributed by atoms with E-state index in [0.29, 0.717) is 29.5 Å². The van der Waals surface area contributed by atoms with Crippen LogP contribution in [0.15, 0.2) is 36.5 Å². The van der Waals surface area contributed by atoms with Crippen molar-refractivity contribution in [2.75, 3.05) is 30.3 Å². The first-order valence-corrected chi connectivity index (χ1v) is 14.7. The van der Waals surface area contributed by atoms with Crippen molar-refractivity contribution in [2.45, 2.75) is 84.8 Å². The van der Waals surface area contributed by atoms with Gasteiger partial charge in [-0.25, -0.2) is 9.78 Å². The number of nitrogens with one attached hydrogen (secondary N) is 2. The van der Waals surface area contributed by atoms with Gasteiger partial charge in [0, 0.05) is 26.6 Å². The zero-order valence-corrected chi connectivity index (χ0v) is 25.5. The number of hydrogen-bond donors (Lipinski definition) is 2. The second-order valence-corrected chi connectivity index (χ2v) is 12.6. The van der Waals surface area contributed by atoms with Crippen LogP contribution in [0.5, 0.6) is 0 Å². The van der Waals surface area contributed by atoms with Crippen LogP contribution in [0.25, 0.3) is 0 Å². The predicted molar refractivity (Wildman–Crippen MR) is 161 cm³/mol. The average Bonchev–Trinajstić information content (AvgIpc) is 2.93. The molecule has 2 fully saturated rings. The largest absolute Gasteiger partial charge is 0.444 e. The third-order valence-corrected chi connectivity index (χ3v) is 7.94. The summed E-state index contributed by atoms with van der Waals surface area (Å²) >= 11 is 0. The van der Waals surface area contributed by atoms with Crippen LogP contribution in [0.2, 0.25) is 0 Å². The number of rotatable bonds is 4. The molecular formula is C32H43N5O5. The minimum absolute atomic E-state index is 0.116. The van der Waals surface area contributed by atoms with Crippen molar-refractivity contribution in [2.24, 2.45) is 5.92 Å². The number of ether oxygens (including phenoxy) is 1. The standard InChI is InChI=1S/C32H43N5O5/c1-20-10-11-27(25-9-7-8-24(17-25)23-12-14-36(15-13-23)22(3)38)37(19-20)30(40)29(39)34-26-16-21(2)28(33-18-26)35-31(41)42-32(4,5)6/h7-9,16-18,20,23,27H,10-15,19H2,1-6H3,(H,34,39)(H,33,35,41). The van der Waals surface area contributed by atoms with Gasteiger partial charge >= 0.3 is 17.9 Å². The van der Waals surface area contributed by atoms with E-state index in [1.165, 1.54) is 11.8 Å². The Morgan fingerprint density at radius 1 is 0.976 bits per heavy atom. The molecule has 10 nitrogen and oxygen atoms in total. The summed E-state index contributed by atoms with van der Waals surface area (Å²) in [5, 5.41) is 5.30. The van der Waals surface area contributed by atoms with Gasteiger partial charge in [0.15, 0.2) is 0 Å². The van der Waals surface area contributed by atoms with E-state index in [1.54, 1.807) is 45.6 Å². The number of piperidine rings is 2. The first-order valence-electron chi connectivity index (χ1n) is 14.7. The van der Waals surface area contributed by atoms with Crippen molar-refractivity contribution in [3.05, 3.63) is 53.2 Å². The molecular weight excluding hydrogens is 534 g/mol. The van der Waals surface area contributed by atoms with E-state index in [9.17, 15) is 19.2 Å². The molecule has 0 saturated carbocycles. The number of carbonyl (C=O) groups excluding carboxylic acids is 4. The number of hydrogen-bond acceptors (Lipinski definition) is 6. The van der Waals surface area contributed by atoms with E-state index < -0.39 is 23.5 Å². The Labute approximate surface area is 248 Å². The highest BCUT2D eigenvalue weighted by molar-refractivity contribution is 6.39. The summed E-state index contributed by atoms with van der Waals surface area (Å²) in [5.41, 5.74) is 2.57. The van der Waals surface area contributed by atoms with E-state index in [-0.39, 0.29) is 17.9 Å². The fourth-order valence-electron chi connectivity index (χ4n) is 5.76. The smallest absolute Gasteiger partial charge is 0.413 e. The van der Waals surface area contributed by atoms with E-state index in [1.807, 2.05) is 17.0 Å². The van der Waals surface area contributed by atoms with Crippen molar-refractivity contribution in [1.82, 2.24) is 14.8 Å². The van der Waals surface area contributed by atoms with Crippen molar-refractivity contribution < 1.29 is 23.9 Å². The van der Waals surface area contributed by atoms with E-state index in [2.05, 4.69) is 34.7 Å². The van der Waals surface area contributed by atoms with Gasteiger partial charge in [-0.3, -0.25) is 19.7 Å². The Kier molecular flexibility index (Phi) is 9.53. The highest BCUT2D eigenvalue weighted by Crippen LogP contribution is 2.36. The Balaban J connectivity index is 1.44. The van der Waals surface area contributed by atoms with E-state index in [0.717, 1.165) is 44.3 Å². The zero-order valence-electron chi connectivity index (χ0n) is 25.5. The van der Waals surface area contributed by atoms with Crippen LogP contribution in [0.3, 0.4) is 0 Å². The third-order valence-electron chi connectivity index (χ3n) is 7.94. The van der Waals surface area contributed by atoms with Gasteiger partial charge in [0.1, 0.15) is 11.4 Å². The van der Waals surface area contributed by atoms with Gasteiger partial charge in [0.2, 0.25) is 5.91 Å². The average molecular weight is 578 g/mol. The van der Waals surface area contributed by atoms with Crippen LogP contribution >= 0.6 is 0 Å². The lowest BCUT2D eigenvalue weighted by molar-refractivity contribution is -0.146. The first kappa shape index (κ1) is 31.0. The second kappa shape index (κ2) is 12.9. The van der Waals surface area contributed by atoms with Gasteiger partial charge < -0.3 is 19.9 Å². The van der Waals surface area contributed by atoms with Crippen LogP contribution in [0.1, 0.15) is 89.0 Å². The number of aromatic nitrogens is 1. The Morgan fingerprint density at radius 2 is 1.67 bits per heavy atom. The number of likely N-dealkylation sites (tertiary alicyclic amines) is 2. The lowest BCUT2D eigenvalue weighted by atomic mass is 9.85. The number of benzene rings is 1. The minimum Gasteiger partial charge on any atom is -0.444 e. The summed E-state index contributed by atoms with van der Waals surface area (Å²) < 4.78 is 5.28. The molecule has 3 heterocycles. The maximum absolute atomic E-state index is 13.5. The monoisotopic (exact) mass is 577 g/mol. The Bertz CT molecular complexity index is 1330. The molecule has 10 heteroatoms. The third kappa shape index (κ3) is 7.86. The fourth-order valence-corrected chi connectivity index (χ4v) is 5.76. The van der Waals surface area contributed by atoms with Gasteiger partial charge in [-0.15, -0.1) is 0 Å². The van der Waals surface area contributed by atoms with Crippen LogP contribution in [-0.2, 0) is 19.1 Å². The highest BCUT2D eigenvalue weighted by atomic mass is 16.6. The molecule has 2 atom stereocenters.